The molecule has 0 aliphatic heterocycles. The van der Waals surface area contributed by atoms with E-state index in [2.05, 4.69) is 5.32 Å². The quantitative estimate of drug-likeness (QED) is 0.421. The van der Waals surface area contributed by atoms with Gasteiger partial charge in [0.15, 0.2) is 0 Å². The van der Waals surface area contributed by atoms with Crippen LogP contribution in [0, 0.1) is 13.8 Å². The average molecular weight is 536 g/mol. The number of nitrogens with zero attached hydrogens (tertiary/aromatic N) is 2. The fourth-order valence-electron chi connectivity index (χ4n) is 3.85. The molecule has 0 saturated heterocycles. The average Bonchev–Trinajstić information content (AvgIpc) is 2.81. The zero-order valence-electron chi connectivity index (χ0n) is 22.0. The second-order valence-electron chi connectivity index (χ2n) is 9.31. The topological polar surface area (TPSA) is 86.8 Å². The highest BCUT2D eigenvalue weighted by Gasteiger charge is 2.27. The molecule has 0 aliphatic carbocycles. The van der Waals surface area contributed by atoms with Gasteiger partial charge in [0.25, 0.3) is 0 Å². The highest BCUT2D eigenvalue weighted by Crippen LogP contribution is 2.27. The summed E-state index contributed by atoms with van der Waals surface area (Å²) in [6.07, 6.45) is 2.32. The van der Waals surface area contributed by atoms with E-state index in [-0.39, 0.29) is 30.8 Å². The van der Waals surface area contributed by atoms with E-state index in [1.807, 2.05) is 52.0 Å². The van der Waals surface area contributed by atoms with Gasteiger partial charge in [-0.05, 0) is 69.4 Å². The van der Waals surface area contributed by atoms with Gasteiger partial charge < -0.3 is 10.2 Å². The number of carbonyl (C=O) groups excluding carboxylic acids is 2. The summed E-state index contributed by atoms with van der Waals surface area (Å²) < 4.78 is 26.4. The summed E-state index contributed by atoms with van der Waals surface area (Å²) in [5, 5.41) is 3.40. The van der Waals surface area contributed by atoms with Gasteiger partial charge >= 0.3 is 0 Å². The number of hydrogen-bond donors (Lipinski definition) is 1. The maximum Gasteiger partial charge on any atom is 0.242 e. The Hall–Kier alpha value is -2.58. The van der Waals surface area contributed by atoms with Crippen LogP contribution in [0.1, 0.15) is 56.7 Å². The molecule has 36 heavy (non-hydrogen) atoms. The first kappa shape index (κ1) is 29.6. The van der Waals surface area contributed by atoms with Crippen molar-refractivity contribution < 1.29 is 18.0 Å². The largest absolute Gasteiger partial charge is 0.352 e. The molecule has 2 aromatic rings. The molecule has 0 fully saturated rings. The van der Waals surface area contributed by atoms with Crippen LogP contribution < -0.4 is 9.62 Å². The van der Waals surface area contributed by atoms with Crippen LogP contribution in [-0.4, -0.2) is 50.0 Å². The zero-order chi connectivity index (χ0) is 27.0. The summed E-state index contributed by atoms with van der Waals surface area (Å²) >= 11 is 6.12. The summed E-state index contributed by atoms with van der Waals surface area (Å²) in [7, 11) is -3.59. The fourth-order valence-corrected chi connectivity index (χ4v) is 5.03. The predicted molar refractivity (Wildman–Crippen MR) is 147 cm³/mol. The highest BCUT2D eigenvalue weighted by atomic mass is 35.5. The summed E-state index contributed by atoms with van der Waals surface area (Å²) in [4.78, 5) is 27.9. The van der Waals surface area contributed by atoms with Crippen LogP contribution in [-0.2, 0) is 26.2 Å². The molecule has 1 N–H and O–H groups in total. The van der Waals surface area contributed by atoms with E-state index in [4.69, 9.17) is 11.6 Å². The lowest BCUT2D eigenvalue weighted by atomic mass is 10.1. The summed E-state index contributed by atoms with van der Waals surface area (Å²) in [5.41, 5.74) is 3.26. The Bertz CT molecular complexity index is 1170. The van der Waals surface area contributed by atoms with Gasteiger partial charge in [0.05, 0.1) is 11.9 Å². The minimum Gasteiger partial charge on any atom is -0.352 e. The van der Waals surface area contributed by atoms with Crippen molar-refractivity contribution in [3.8, 4) is 0 Å². The maximum absolute atomic E-state index is 13.4. The molecule has 198 valence electrons. The molecule has 0 bridgehead atoms. The van der Waals surface area contributed by atoms with Crippen molar-refractivity contribution in [3.63, 3.8) is 0 Å². The number of rotatable bonds is 12. The molecule has 0 aliphatic rings. The third-order valence-electron chi connectivity index (χ3n) is 6.36. The fraction of sp³-hybridized carbons (Fsp3) is 0.481. The van der Waals surface area contributed by atoms with Crippen molar-refractivity contribution >= 4 is 39.1 Å². The Balaban J connectivity index is 2.22. The Morgan fingerprint density at radius 1 is 1.06 bits per heavy atom. The van der Waals surface area contributed by atoms with Gasteiger partial charge in [-0.2, -0.15) is 0 Å². The van der Waals surface area contributed by atoms with Gasteiger partial charge in [-0.15, -0.1) is 0 Å². The number of nitrogens with one attached hydrogen (secondary N) is 1. The SMILES string of the molecule is CC[C@@H](C)NC(=O)[C@@H](C)N(Cc1ccccc1C)C(=O)CCCN(c1cc(Cl)ccc1C)S(C)(=O)=O. The lowest BCUT2D eigenvalue weighted by Crippen LogP contribution is -2.49. The number of anilines is 1. The van der Waals surface area contributed by atoms with Crippen LogP contribution in [0.3, 0.4) is 0 Å². The first-order valence-corrected chi connectivity index (χ1v) is 14.5. The number of sulfonamides is 1. The van der Waals surface area contributed by atoms with E-state index in [9.17, 15) is 18.0 Å². The minimum absolute atomic E-state index is 0.000353. The standard InChI is InChI=1S/C27H38ClN3O4S/c1-7-21(4)29-27(33)22(5)30(18-23-12-9-8-11-19(23)2)26(32)13-10-16-31(36(6,34)35)25-17-24(28)15-14-20(25)3/h8-9,11-12,14-15,17,21-22H,7,10,13,16,18H2,1-6H3,(H,29,33)/t21-,22-/m1/s1. The molecular weight excluding hydrogens is 498 g/mol. The lowest BCUT2D eigenvalue weighted by Gasteiger charge is -2.30. The second-order valence-corrected chi connectivity index (χ2v) is 11.7. The molecule has 0 radical (unpaired) electrons. The van der Waals surface area contributed by atoms with Gasteiger partial charge in [0, 0.05) is 30.6 Å². The van der Waals surface area contributed by atoms with Crippen molar-refractivity contribution in [1.82, 2.24) is 10.2 Å². The summed E-state index contributed by atoms with van der Waals surface area (Å²) in [6.45, 7) is 9.85. The third kappa shape index (κ3) is 8.23. The van der Waals surface area contributed by atoms with Crippen LogP contribution >= 0.6 is 11.6 Å². The number of carbonyl (C=O) groups is 2. The molecular formula is C27H38ClN3O4S. The Kier molecular flexibility index (Phi) is 10.8. The highest BCUT2D eigenvalue weighted by molar-refractivity contribution is 7.92. The Labute approximate surface area is 220 Å². The van der Waals surface area contributed by atoms with Crippen molar-refractivity contribution in [3.05, 3.63) is 64.2 Å². The van der Waals surface area contributed by atoms with E-state index in [0.717, 1.165) is 29.4 Å². The minimum atomic E-state index is -3.59. The van der Waals surface area contributed by atoms with E-state index >= 15 is 0 Å². The van der Waals surface area contributed by atoms with E-state index in [1.54, 1.807) is 30.0 Å². The van der Waals surface area contributed by atoms with Crippen LogP contribution in [0.4, 0.5) is 5.69 Å². The van der Waals surface area contributed by atoms with Crippen molar-refractivity contribution in [1.29, 1.82) is 0 Å². The normalized spacial score (nSPS) is 13.1. The van der Waals surface area contributed by atoms with Crippen LogP contribution in [0.15, 0.2) is 42.5 Å². The number of amides is 2. The molecule has 2 rings (SSSR count). The van der Waals surface area contributed by atoms with Gasteiger partial charge in [-0.3, -0.25) is 13.9 Å². The van der Waals surface area contributed by atoms with Crippen LogP contribution in [0.2, 0.25) is 5.02 Å². The molecule has 2 amide bonds. The van der Waals surface area contributed by atoms with E-state index in [0.29, 0.717) is 23.7 Å². The van der Waals surface area contributed by atoms with Crippen LogP contribution in [0.5, 0.6) is 0 Å². The first-order chi connectivity index (χ1) is 16.8. The zero-order valence-corrected chi connectivity index (χ0v) is 23.6. The molecule has 7 nitrogen and oxygen atoms in total. The molecule has 0 aromatic heterocycles. The van der Waals surface area contributed by atoms with Gasteiger partial charge in [-0.1, -0.05) is 48.9 Å². The van der Waals surface area contributed by atoms with Gasteiger partial charge in [0.2, 0.25) is 21.8 Å². The smallest absolute Gasteiger partial charge is 0.242 e. The van der Waals surface area contributed by atoms with Crippen molar-refractivity contribution in [2.45, 2.75) is 72.5 Å². The molecule has 0 heterocycles. The number of benzene rings is 2. The number of aryl methyl sites for hydroxylation is 2. The van der Waals surface area contributed by atoms with Crippen LogP contribution in [0.25, 0.3) is 0 Å². The lowest BCUT2D eigenvalue weighted by molar-refractivity contribution is -0.140. The summed E-state index contributed by atoms with van der Waals surface area (Å²) in [6, 6.07) is 12.2. The van der Waals surface area contributed by atoms with Gasteiger partial charge in [-0.25, -0.2) is 8.42 Å². The summed E-state index contributed by atoms with van der Waals surface area (Å²) in [5.74, 6) is -0.417. The first-order valence-electron chi connectivity index (χ1n) is 12.2. The molecule has 2 atom stereocenters. The van der Waals surface area contributed by atoms with Crippen molar-refractivity contribution in [2.75, 3.05) is 17.1 Å². The Morgan fingerprint density at radius 3 is 2.33 bits per heavy atom. The predicted octanol–water partition coefficient (Wildman–Crippen LogP) is 4.84. The molecule has 9 heteroatoms. The number of halogens is 1. The third-order valence-corrected chi connectivity index (χ3v) is 7.78. The number of hydrogen-bond acceptors (Lipinski definition) is 4. The van der Waals surface area contributed by atoms with Crippen molar-refractivity contribution in [2.24, 2.45) is 0 Å². The second kappa shape index (κ2) is 13.1. The Morgan fingerprint density at radius 2 is 1.72 bits per heavy atom. The monoisotopic (exact) mass is 535 g/mol. The maximum atomic E-state index is 13.4. The molecule has 0 spiro atoms. The van der Waals surface area contributed by atoms with Gasteiger partial charge in [0.1, 0.15) is 6.04 Å². The molecule has 0 saturated carbocycles. The molecule has 0 unspecified atom stereocenters. The molecule has 2 aromatic carbocycles. The van der Waals surface area contributed by atoms with E-state index in [1.165, 1.54) is 4.31 Å². The van der Waals surface area contributed by atoms with E-state index < -0.39 is 16.1 Å².